The van der Waals surface area contributed by atoms with Gasteiger partial charge in [0, 0.05) is 25.5 Å². The minimum atomic E-state index is -0.872. The Hall–Kier alpha value is -1.29. The normalized spacial score (nSPS) is 12.8. The molecule has 1 aromatic rings. The molecular weight excluding hydrogens is 168 g/mol. The van der Waals surface area contributed by atoms with Crippen molar-refractivity contribution < 1.29 is 9.90 Å². The summed E-state index contributed by atoms with van der Waals surface area (Å²) in [4.78, 5) is 10.8. The van der Waals surface area contributed by atoms with Crippen LogP contribution < -0.4 is 5.73 Å². The third kappa shape index (κ3) is 1.89. The van der Waals surface area contributed by atoms with Crippen LogP contribution in [0.15, 0.2) is 12.3 Å². The van der Waals surface area contributed by atoms with Crippen molar-refractivity contribution in [1.29, 1.82) is 0 Å². The van der Waals surface area contributed by atoms with E-state index in [1.807, 2.05) is 26.2 Å². The second-order valence-corrected chi connectivity index (χ2v) is 3.18. The molecule has 0 saturated carbocycles. The van der Waals surface area contributed by atoms with Gasteiger partial charge in [-0.1, -0.05) is 0 Å². The number of carboxylic acid groups (broad SMARTS) is 1. The standard InChI is InChI=1S/C9H14N2O2/c1-6-3-8(11(2)5-6)7(4-10)9(12)13/h3,5,7H,4,10H2,1-2H3,(H,12,13). The van der Waals surface area contributed by atoms with E-state index >= 15 is 0 Å². The SMILES string of the molecule is Cc1cc(C(CN)C(=O)O)n(C)c1. The Bertz CT molecular complexity index is 317. The molecule has 1 rings (SSSR count). The average Bonchev–Trinajstić information content (AvgIpc) is 2.31. The van der Waals surface area contributed by atoms with Crippen LogP contribution in [0.25, 0.3) is 0 Å². The zero-order valence-corrected chi connectivity index (χ0v) is 7.82. The molecule has 0 amide bonds. The van der Waals surface area contributed by atoms with Crippen LogP contribution in [0.4, 0.5) is 0 Å². The van der Waals surface area contributed by atoms with Crippen molar-refractivity contribution in [1.82, 2.24) is 4.57 Å². The molecule has 72 valence electrons. The van der Waals surface area contributed by atoms with Gasteiger partial charge in [0.25, 0.3) is 0 Å². The van der Waals surface area contributed by atoms with Crippen LogP contribution in [-0.4, -0.2) is 22.2 Å². The van der Waals surface area contributed by atoms with Gasteiger partial charge in [0.1, 0.15) is 5.92 Å². The maximum atomic E-state index is 10.8. The number of carboxylic acids is 1. The number of rotatable bonds is 3. The zero-order chi connectivity index (χ0) is 10.0. The fourth-order valence-electron chi connectivity index (χ4n) is 1.45. The first-order valence-electron chi connectivity index (χ1n) is 4.12. The topological polar surface area (TPSA) is 68.2 Å². The van der Waals surface area contributed by atoms with E-state index in [1.165, 1.54) is 0 Å². The quantitative estimate of drug-likeness (QED) is 0.713. The summed E-state index contributed by atoms with van der Waals surface area (Å²) < 4.78 is 1.81. The van der Waals surface area contributed by atoms with Crippen LogP contribution in [0.2, 0.25) is 0 Å². The van der Waals surface area contributed by atoms with E-state index in [9.17, 15) is 4.79 Å². The van der Waals surface area contributed by atoms with Gasteiger partial charge in [-0.2, -0.15) is 0 Å². The van der Waals surface area contributed by atoms with E-state index in [0.717, 1.165) is 11.3 Å². The van der Waals surface area contributed by atoms with Gasteiger partial charge in [0.2, 0.25) is 0 Å². The molecule has 3 N–H and O–H groups in total. The number of carbonyl (C=O) groups is 1. The number of nitrogens with two attached hydrogens (primary N) is 1. The molecule has 0 bridgehead atoms. The molecule has 0 aliphatic heterocycles. The van der Waals surface area contributed by atoms with Gasteiger partial charge in [-0.15, -0.1) is 0 Å². The lowest BCUT2D eigenvalue weighted by Crippen LogP contribution is -2.23. The predicted octanol–water partition coefficient (Wildman–Crippen LogP) is 0.460. The highest BCUT2D eigenvalue weighted by molar-refractivity contribution is 5.75. The molecule has 0 aliphatic rings. The molecule has 1 heterocycles. The Morgan fingerprint density at radius 2 is 2.38 bits per heavy atom. The minimum Gasteiger partial charge on any atom is -0.481 e. The summed E-state index contributed by atoms with van der Waals surface area (Å²) in [5.41, 5.74) is 7.20. The summed E-state index contributed by atoms with van der Waals surface area (Å²) in [6.07, 6.45) is 1.89. The van der Waals surface area contributed by atoms with Crippen LogP contribution >= 0.6 is 0 Å². The Kier molecular flexibility index (Phi) is 2.72. The summed E-state index contributed by atoms with van der Waals surface area (Å²) in [5.74, 6) is -1.47. The molecule has 1 unspecified atom stereocenters. The van der Waals surface area contributed by atoms with Crippen LogP contribution in [0.3, 0.4) is 0 Å². The fourth-order valence-corrected chi connectivity index (χ4v) is 1.45. The number of hydrogen-bond donors (Lipinski definition) is 2. The van der Waals surface area contributed by atoms with E-state index in [2.05, 4.69) is 0 Å². The second kappa shape index (κ2) is 3.62. The van der Waals surface area contributed by atoms with Crippen LogP contribution in [-0.2, 0) is 11.8 Å². The van der Waals surface area contributed by atoms with Crippen molar-refractivity contribution in [2.75, 3.05) is 6.54 Å². The van der Waals surface area contributed by atoms with Gasteiger partial charge in [-0.25, -0.2) is 0 Å². The molecule has 0 fully saturated rings. The van der Waals surface area contributed by atoms with E-state index in [0.29, 0.717) is 0 Å². The van der Waals surface area contributed by atoms with Crippen LogP contribution in [0.5, 0.6) is 0 Å². The average molecular weight is 182 g/mol. The van der Waals surface area contributed by atoms with E-state index in [4.69, 9.17) is 10.8 Å². The first-order valence-corrected chi connectivity index (χ1v) is 4.12. The van der Waals surface area contributed by atoms with Crippen LogP contribution in [0.1, 0.15) is 17.2 Å². The summed E-state index contributed by atoms with van der Waals surface area (Å²) in [6.45, 7) is 2.06. The molecule has 0 aliphatic carbocycles. The number of hydrogen-bond acceptors (Lipinski definition) is 2. The number of aryl methyl sites for hydroxylation is 2. The minimum absolute atomic E-state index is 0.132. The van der Waals surface area contributed by atoms with Crippen molar-refractivity contribution in [3.8, 4) is 0 Å². The zero-order valence-electron chi connectivity index (χ0n) is 7.82. The molecule has 0 aromatic carbocycles. The maximum absolute atomic E-state index is 10.8. The number of nitrogens with zero attached hydrogens (tertiary/aromatic N) is 1. The summed E-state index contributed by atoms with van der Waals surface area (Å²) >= 11 is 0. The fraction of sp³-hybridized carbons (Fsp3) is 0.444. The molecule has 1 atom stereocenters. The Morgan fingerprint density at radius 3 is 2.69 bits per heavy atom. The molecular formula is C9H14N2O2. The van der Waals surface area contributed by atoms with Crippen molar-refractivity contribution in [3.63, 3.8) is 0 Å². The van der Waals surface area contributed by atoms with Gasteiger partial charge in [0.15, 0.2) is 0 Å². The van der Waals surface area contributed by atoms with E-state index in [-0.39, 0.29) is 6.54 Å². The molecule has 4 heteroatoms. The highest BCUT2D eigenvalue weighted by Crippen LogP contribution is 2.17. The lowest BCUT2D eigenvalue weighted by atomic mass is 10.1. The Labute approximate surface area is 77.0 Å². The van der Waals surface area contributed by atoms with Gasteiger partial charge in [-0.3, -0.25) is 4.79 Å². The molecule has 0 spiro atoms. The molecule has 13 heavy (non-hydrogen) atoms. The predicted molar refractivity (Wildman–Crippen MR) is 49.6 cm³/mol. The van der Waals surface area contributed by atoms with Gasteiger partial charge in [0.05, 0.1) is 0 Å². The maximum Gasteiger partial charge on any atom is 0.313 e. The van der Waals surface area contributed by atoms with Gasteiger partial charge in [-0.05, 0) is 18.6 Å². The largest absolute Gasteiger partial charge is 0.481 e. The summed E-state index contributed by atoms with van der Waals surface area (Å²) in [5, 5.41) is 8.87. The Morgan fingerprint density at radius 1 is 1.77 bits per heavy atom. The lowest BCUT2D eigenvalue weighted by Gasteiger charge is -2.10. The highest BCUT2D eigenvalue weighted by atomic mass is 16.4. The lowest BCUT2D eigenvalue weighted by molar-refractivity contribution is -0.138. The highest BCUT2D eigenvalue weighted by Gasteiger charge is 2.20. The first-order chi connectivity index (χ1) is 6.06. The number of aliphatic carboxylic acids is 1. The molecule has 4 nitrogen and oxygen atoms in total. The monoisotopic (exact) mass is 182 g/mol. The van der Waals surface area contributed by atoms with Gasteiger partial charge >= 0.3 is 5.97 Å². The van der Waals surface area contributed by atoms with Crippen molar-refractivity contribution >= 4 is 5.97 Å². The smallest absolute Gasteiger partial charge is 0.313 e. The summed E-state index contributed by atoms with van der Waals surface area (Å²) in [7, 11) is 1.83. The second-order valence-electron chi connectivity index (χ2n) is 3.18. The van der Waals surface area contributed by atoms with Crippen molar-refractivity contribution in [3.05, 3.63) is 23.5 Å². The van der Waals surface area contributed by atoms with E-state index in [1.54, 1.807) is 4.57 Å². The number of aromatic nitrogens is 1. The molecule has 0 radical (unpaired) electrons. The first kappa shape index (κ1) is 9.80. The molecule has 0 saturated heterocycles. The Balaban J connectivity index is 3.04. The van der Waals surface area contributed by atoms with E-state index < -0.39 is 11.9 Å². The third-order valence-electron chi connectivity index (χ3n) is 2.07. The third-order valence-corrected chi connectivity index (χ3v) is 2.07. The van der Waals surface area contributed by atoms with Crippen molar-refractivity contribution in [2.45, 2.75) is 12.8 Å². The molecule has 1 aromatic heterocycles. The van der Waals surface area contributed by atoms with Crippen molar-refractivity contribution in [2.24, 2.45) is 12.8 Å². The van der Waals surface area contributed by atoms with Gasteiger partial charge < -0.3 is 15.4 Å². The van der Waals surface area contributed by atoms with Crippen LogP contribution in [0, 0.1) is 6.92 Å². The summed E-state index contributed by atoms with van der Waals surface area (Å²) in [6, 6.07) is 1.85.